The molecular weight excluding hydrogens is 256 g/mol. The fourth-order valence-corrected chi connectivity index (χ4v) is 1.69. The van der Waals surface area contributed by atoms with Crippen molar-refractivity contribution >= 4 is 11.9 Å². The molecule has 1 aromatic carbocycles. The topological polar surface area (TPSA) is 43.4 Å². The number of carbonyl (C=O) groups is 2. The second kappa shape index (κ2) is 4.08. The van der Waals surface area contributed by atoms with Crippen LogP contribution >= 0.6 is 0 Å². The first-order chi connectivity index (χ1) is 8.34. The van der Waals surface area contributed by atoms with Gasteiger partial charge in [0.2, 0.25) is 0 Å². The Morgan fingerprint density at radius 1 is 1.11 bits per heavy atom. The van der Waals surface area contributed by atoms with E-state index in [-0.39, 0.29) is 11.1 Å². The van der Waals surface area contributed by atoms with Gasteiger partial charge in [0.1, 0.15) is 12.6 Å². The molecule has 7 heteroatoms. The predicted molar refractivity (Wildman–Crippen MR) is 51.0 cm³/mol. The van der Waals surface area contributed by atoms with Gasteiger partial charge in [0.05, 0.1) is 11.1 Å². The lowest BCUT2D eigenvalue weighted by molar-refractivity contribution is -0.153. The first-order valence-electron chi connectivity index (χ1n) is 4.87. The molecule has 0 spiro atoms. The minimum absolute atomic E-state index is 0.108. The maximum atomic E-state index is 12.5. The SMILES string of the molecule is O=C1OC(=O)c2cc(C(CF)C(F)(F)F)ccc21. The number of cyclic esters (lactones) is 2. The minimum Gasteiger partial charge on any atom is -0.386 e. The number of rotatable bonds is 2. The molecule has 96 valence electrons. The van der Waals surface area contributed by atoms with Crippen molar-refractivity contribution in [1.82, 2.24) is 0 Å². The number of alkyl halides is 4. The van der Waals surface area contributed by atoms with Crippen molar-refractivity contribution in [3.8, 4) is 0 Å². The van der Waals surface area contributed by atoms with Gasteiger partial charge < -0.3 is 4.74 Å². The second-order valence-corrected chi connectivity index (χ2v) is 3.73. The van der Waals surface area contributed by atoms with E-state index in [1.165, 1.54) is 0 Å². The van der Waals surface area contributed by atoms with E-state index in [0.29, 0.717) is 0 Å². The molecule has 1 unspecified atom stereocenters. The van der Waals surface area contributed by atoms with Crippen LogP contribution in [0.15, 0.2) is 18.2 Å². The summed E-state index contributed by atoms with van der Waals surface area (Å²) in [5, 5.41) is 0. The lowest BCUT2D eigenvalue weighted by Gasteiger charge is -2.17. The zero-order valence-electron chi connectivity index (χ0n) is 8.75. The maximum absolute atomic E-state index is 12.5. The summed E-state index contributed by atoms with van der Waals surface area (Å²) < 4.78 is 54.2. The lowest BCUT2D eigenvalue weighted by Crippen LogP contribution is -2.22. The molecule has 2 rings (SSSR count). The summed E-state index contributed by atoms with van der Waals surface area (Å²) in [7, 11) is 0. The first kappa shape index (κ1) is 12.5. The van der Waals surface area contributed by atoms with Crippen LogP contribution < -0.4 is 0 Å². The van der Waals surface area contributed by atoms with Gasteiger partial charge in [-0.25, -0.2) is 9.59 Å². The molecule has 1 aliphatic heterocycles. The van der Waals surface area contributed by atoms with Crippen LogP contribution in [-0.4, -0.2) is 24.8 Å². The fraction of sp³-hybridized carbons (Fsp3) is 0.273. The minimum atomic E-state index is -4.75. The molecule has 0 N–H and O–H groups in total. The number of benzene rings is 1. The molecule has 0 amide bonds. The molecule has 1 atom stereocenters. The molecule has 18 heavy (non-hydrogen) atoms. The van der Waals surface area contributed by atoms with E-state index in [2.05, 4.69) is 4.74 Å². The van der Waals surface area contributed by atoms with Crippen molar-refractivity contribution in [3.05, 3.63) is 34.9 Å². The van der Waals surface area contributed by atoms with Gasteiger partial charge in [0, 0.05) is 0 Å². The van der Waals surface area contributed by atoms with Gasteiger partial charge in [-0.15, -0.1) is 0 Å². The van der Waals surface area contributed by atoms with Crippen molar-refractivity contribution in [3.63, 3.8) is 0 Å². The summed E-state index contributed by atoms with van der Waals surface area (Å²) in [6.07, 6.45) is -4.75. The Morgan fingerprint density at radius 2 is 1.72 bits per heavy atom. The molecular formula is C11H6F4O3. The van der Waals surface area contributed by atoms with Crippen molar-refractivity contribution in [2.75, 3.05) is 6.67 Å². The highest BCUT2D eigenvalue weighted by Crippen LogP contribution is 2.36. The third kappa shape index (κ3) is 1.96. The zero-order chi connectivity index (χ0) is 13.5. The molecule has 0 fully saturated rings. The summed E-state index contributed by atoms with van der Waals surface area (Å²) in [4.78, 5) is 22.3. The van der Waals surface area contributed by atoms with Crippen LogP contribution in [0, 0.1) is 0 Å². The summed E-state index contributed by atoms with van der Waals surface area (Å²) >= 11 is 0. The number of halogens is 4. The number of esters is 2. The van der Waals surface area contributed by atoms with Gasteiger partial charge in [0.25, 0.3) is 0 Å². The summed E-state index contributed by atoms with van der Waals surface area (Å²) in [5.41, 5.74) is -0.779. The Hall–Kier alpha value is -1.92. The zero-order valence-corrected chi connectivity index (χ0v) is 8.75. The van der Waals surface area contributed by atoms with Crippen LogP contribution in [0.25, 0.3) is 0 Å². The Labute approximate surface area is 98.3 Å². The van der Waals surface area contributed by atoms with Gasteiger partial charge in [-0.05, 0) is 17.7 Å². The van der Waals surface area contributed by atoms with E-state index in [4.69, 9.17) is 0 Å². The quantitative estimate of drug-likeness (QED) is 0.467. The van der Waals surface area contributed by atoms with Crippen molar-refractivity contribution in [2.45, 2.75) is 12.1 Å². The lowest BCUT2D eigenvalue weighted by atomic mass is 9.96. The fourth-order valence-electron chi connectivity index (χ4n) is 1.69. The van der Waals surface area contributed by atoms with Crippen LogP contribution in [0.4, 0.5) is 17.6 Å². The maximum Gasteiger partial charge on any atom is 0.398 e. The highest BCUT2D eigenvalue weighted by molar-refractivity contribution is 6.14. The van der Waals surface area contributed by atoms with Crippen LogP contribution in [-0.2, 0) is 4.74 Å². The number of fused-ring (bicyclic) bond motifs is 1. The Balaban J connectivity index is 2.46. The van der Waals surface area contributed by atoms with Crippen molar-refractivity contribution in [1.29, 1.82) is 0 Å². The van der Waals surface area contributed by atoms with Gasteiger partial charge in [-0.3, -0.25) is 4.39 Å². The predicted octanol–water partition coefficient (Wildman–Crippen LogP) is 2.61. The molecule has 0 radical (unpaired) electrons. The number of carbonyl (C=O) groups excluding carboxylic acids is 2. The van der Waals surface area contributed by atoms with Crippen LogP contribution in [0.3, 0.4) is 0 Å². The molecule has 1 aliphatic rings. The van der Waals surface area contributed by atoms with Gasteiger partial charge in [0.15, 0.2) is 0 Å². The van der Waals surface area contributed by atoms with Gasteiger partial charge >= 0.3 is 18.1 Å². The smallest absolute Gasteiger partial charge is 0.386 e. The van der Waals surface area contributed by atoms with Crippen molar-refractivity contribution < 1.29 is 31.9 Å². The summed E-state index contributed by atoms with van der Waals surface area (Å²) in [6, 6.07) is 2.85. The molecule has 3 nitrogen and oxygen atoms in total. The highest BCUT2D eigenvalue weighted by atomic mass is 19.4. The van der Waals surface area contributed by atoms with Gasteiger partial charge in [-0.2, -0.15) is 13.2 Å². The van der Waals surface area contributed by atoms with E-state index in [9.17, 15) is 27.2 Å². The van der Waals surface area contributed by atoms with E-state index < -0.39 is 36.3 Å². The molecule has 0 aromatic heterocycles. The average Bonchev–Trinajstić information content (AvgIpc) is 2.54. The molecule has 0 bridgehead atoms. The Morgan fingerprint density at radius 3 is 2.28 bits per heavy atom. The molecule has 1 aromatic rings. The van der Waals surface area contributed by atoms with Crippen LogP contribution in [0.2, 0.25) is 0 Å². The molecule has 0 saturated carbocycles. The monoisotopic (exact) mass is 262 g/mol. The van der Waals surface area contributed by atoms with Crippen LogP contribution in [0.1, 0.15) is 32.2 Å². The van der Waals surface area contributed by atoms with E-state index >= 15 is 0 Å². The summed E-state index contributed by atoms with van der Waals surface area (Å²) in [5.74, 6) is -4.24. The van der Waals surface area contributed by atoms with E-state index in [1.807, 2.05) is 0 Å². The van der Waals surface area contributed by atoms with Crippen LogP contribution in [0.5, 0.6) is 0 Å². The third-order valence-corrected chi connectivity index (χ3v) is 2.62. The van der Waals surface area contributed by atoms with E-state index in [0.717, 1.165) is 18.2 Å². The number of hydrogen-bond donors (Lipinski definition) is 0. The number of ether oxygens (including phenoxy) is 1. The van der Waals surface area contributed by atoms with Crippen molar-refractivity contribution in [2.24, 2.45) is 0 Å². The van der Waals surface area contributed by atoms with Gasteiger partial charge in [-0.1, -0.05) is 6.07 Å². The first-order valence-corrected chi connectivity index (χ1v) is 4.87. The average molecular weight is 262 g/mol. The highest BCUT2D eigenvalue weighted by Gasteiger charge is 2.42. The second-order valence-electron chi connectivity index (χ2n) is 3.73. The Bertz CT molecular complexity index is 522. The third-order valence-electron chi connectivity index (χ3n) is 2.62. The molecule has 0 aliphatic carbocycles. The van der Waals surface area contributed by atoms with E-state index in [1.54, 1.807) is 0 Å². The molecule has 1 heterocycles. The Kier molecular flexibility index (Phi) is 2.84. The number of hydrogen-bond acceptors (Lipinski definition) is 3. The largest absolute Gasteiger partial charge is 0.398 e. The normalized spacial score (nSPS) is 16.4. The molecule has 0 saturated heterocycles. The summed E-state index contributed by atoms with van der Waals surface area (Å²) in [6.45, 7) is -1.63. The standard InChI is InChI=1S/C11H6F4O3/c12-4-8(11(13,14)15)5-1-2-6-7(3-5)10(17)18-9(6)16/h1-3,8H,4H2.